The van der Waals surface area contributed by atoms with Gasteiger partial charge in [0.1, 0.15) is 0 Å². The Balaban J connectivity index is 1.87. The molecule has 2 fully saturated rings. The van der Waals surface area contributed by atoms with Crippen LogP contribution in [-0.2, 0) is 0 Å². The van der Waals surface area contributed by atoms with Crippen LogP contribution in [0.15, 0.2) is 0 Å². The van der Waals surface area contributed by atoms with Crippen LogP contribution in [0.2, 0.25) is 0 Å². The largest absolute Gasteiger partial charge is 0.316 e. The van der Waals surface area contributed by atoms with Crippen molar-refractivity contribution in [3.63, 3.8) is 0 Å². The van der Waals surface area contributed by atoms with E-state index in [1.807, 2.05) is 0 Å². The summed E-state index contributed by atoms with van der Waals surface area (Å²) in [6.07, 6.45) is 7.10. The van der Waals surface area contributed by atoms with Gasteiger partial charge in [0, 0.05) is 30.1 Å². The van der Waals surface area contributed by atoms with E-state index >= 15 is 0 Å². The van der Waals surface area contributed by atoms with E-state index in [0.717, 1.165) is 5.92 Å². The first-order valence-corrected chi connectivity index (χ1v) is 9.96. The number of hydrogen-bond acceptors (Lipinski definition) is 3. The Labute approximate surface area is 136 Å². The lowest BCUT2D eigenvalue weighted by Gasteiger charge is -2.35. The highest BCUT2D eigenvalue weighted by atomic mass is 32.2. The summed E-state index contributed by atoms with van der Waals surface area (Å²) in [5.74, 6) is 2.07. The highest BCUT2D eigenvalue weighted by Gasteiger charge is 2.36. The van der Waals surface area contributed by atoms with Crippen LogP contribution in [0.4, 0.5) is 0 Å². The Morgan fingerprint density at radius 2 is 1.81 bits per heavy atom. The summed E-state index contributed by atoms with van der Waals surface area (Å²) in [5.41, 5.74) is 0.564. The number of nitrogens with one attached hydrogen (secondary N) is 1. The molecule has 3 heteroatoms. The molecule has 0 aromatic heterocycles. The van der Waals surface area contributed by atoms with Crippen molar-refractivity contribution in [2.75, 3.05) is 38.5 Å². The molecule has 2 nitrogen and oxygen atoms in total. The van der Waals surface area contributed by atoms with Crippen LogP contribution in [0.5, 0.6) is 0 Å². The lowest BCUT2D eigenvalue weighted by Crippen LogP contribution is -2.44. The van der Waals surface area contributed by atoms with Crippen molar-refractivity contribution in [2.45, 2.75) is 64.5 Å². The summed E-state index contributed by atoms with van der Waals surface area (Å²) in [4.78, 5) is 2.77. The first kappa shape index (κ1) is 17.6. The Morgan fingerprint density at radius 1 is 1.10 bits per heavy atom. The number of thioether (sulfide) groups is 1. The molecule has 0 radical (unpaired) electrons. The third-order valence-corrected chi connectivity index (χ3v) is 6.58. The zero-order valence-electron chi connectivity index (χ0n) is 14.7. The SMILES string of the molecule is CC(C)CNCC1(CN2CCSC(C)(C)CC2)CCCC1. The molecule has 1 heterocycles. The maximum Gasteiger partial charge on any atom is 0.0116 e. The van der Waals surface area contributed by atoms with Crippen LogP contribution in [0.3, 0.4) is 0 Å². The molecule has 1 N–H and O–H groups in total. The summed E-state index contributed by atoms with van der Waals surface area (Å²) in [6.45, 7) is 15.8. The Kier molecular flexibility index (Phi) is 6.46. The molecular formula is C18H36N2S. The maximum absolute atomic E-state index is 3.76. The molecule has 1 aliphatic heterocycles. The van der Waals surface area contributed by atoms with Crippen molar-refractivity contribution in [1.29, 1.82) is 0 Å². The van der Waals surface area contributed by atoms with Gasteiger partial charge in [0.05, 0.1) is 0 Å². The third kappa shape index (κ3) is 5.76. The van der Waals surface area contributed by atoms with Crippen LogP contribution < -0.4 is 5.32 Å². The van der Waals surface area contributed by atoms with Gasteiger partial charge in [0.15, 0.2) is 0 Å². The van der Waals surface area contributed by atoms with Gasteiger partial charge < -0.3 is 10.2 Å². The van der Waals surface area contributed by atoms with Crippen molar-refractivity contribution in [2.24, 2.45) is 11.3 Å². The van der Waals surface area contributed by atoms with Gasteiger partial charge in [-0.2, -0.15) is 11.8 Å². The van der Waals surface area contributed by atoms with Gasteiger partial charge in [0.25, 0.3) is 0 Å². The molecule has 21 heavy (non-hydrogen) atoms. The first-order valence-electron chi connectivity index (χ1n) is 8.98. The molecule has 0 unspecified atom stereocenters. The Morgan fingerprint density at radius 3 is 2.48 bits per heavy atom. The van der Waals surface area contributed by atoms with Crippen LogP contribution >= 0.6 is 11.8 Å². The van der Waals surface area contributed by atoms with E-state index in [9.17, 15) is 0 Å². The fourth-order valence-corrected chi connectivity index (χ4v) is 4.97. The van der Waals surface area contributed by atoms with Gasteiger partial charge in [-0.05, 0) is 43.7 Å². The number of rotatable bonds is 6. The highest BCUT2D eigenvalue weighted by Crippen LogP contribution is 2.39. The van der Waals surface area contributed by atoms with Gasteiger partial charge >= 0.3 is 0 Å². The standard InChI is InChI=1S/C18H36N2S/c1-16(2)13-19-14-18(7-5-6-8-18)15-20-10-9-17(3,4)21-12-11-20/h16,19H,5-15H2,1-4H3. The molecule has 1 saturated heterocycles. The monoisotopic (exact) mass is 312 g/mol. The molecule has 0 spiro atoms. The molecule has 124 valence electrons. The normalized spacial score (nSPS) is 26.1. The average molecular weight is 313 g/mol. The van der Waals surface area contributed by atoms with Crippen molar-refractivity contribution >= 4 is 11.8 Å². The lowest BCUT2D eigenvalue weighted by molar-refractivity contribution is 0.152. The summed E-state index contributed by atoms with van der Waals surface area (Å²) in [7, 11) is 0. The van der Waals surface area contributed by atoms with Gasteiger partial charge in [-0.3, -0.25) is 0 Å². The quantitative estimate of drug-likeness (QED) is 0.798. The lowest BCUT2D eigenvalue weighted by atomic mass is 9.85. The van der Waals surface area contributed by atoms with Crippen molar-refractivity contribution in [3.8, 4) is 0 Å². The summed E-state index contributed by atoms with van der Waals surface area (Å²) < 4.78 is 0.480. The molecule has 0 aromatic rings. The highest BCUT2D eigenvalue weighted by molar-refractivity contribution is 8.00. The van der Waals surface area contributed by atoms with E-state index < -0.39 is 0 Å². The predicted molar refractivity (Wildman–Crippen MR) is 96.2 cm³/mol. The molecule has 1 saturated carbocycles. The van der Waals surface area contributed by atoms with Crippen LogP contribution in [-0.4, -0.2) is 48.1 Å². The second-order valence-corrected chi connectivity index (χ2v) is 10.2. The van der Waals surface area contributed by atoms with E-state index in [2.05, 4.69) is 49.7 Å². The van der Waals surface area contributed by atoms with Gasteiger partial charge in [-0.15, -0.1) is 0 Å². The molecular weight excluding hydrogens is 276 g/mol. The van der Waals surface area contributed by atoms with Gasteiger partial charge in [0.2, 0.25) is 0 Å². The van der Waals surface area contributed by atoms with Crippen LogP contribution in [0.1, 0.15) is 59.8 Å². The average Bonchev–Trinajstić information content (AvgIpc) is 2.77. The minimum Gasteiger partial charge on any atom is -0.316 e. The Hall–Kier alpha value is 0.270. The first-order chi connectivity index (χ1) is 9.91. The molecule has 0 amide bonds. The minimum atomic E-state index is 0.480. The van der Waals surface area contributed by atoms with E-state index in [-0.39, 0.29) is 0 Å². The van der Waals surface area contributed by atoms with E-state index in [4.69, 9.17) is 0 Å². The van der Waals surface area contributed by atoms with Crippen molar-refractivity contribution < 1.29 is 0 Å². The van der Waals surface area contributed by atoms with E-state index in [0.29, 0.717) is 10.2 Å². The topological polar surface area (TPSA) is 15.3 Å². The van der Waals surface area contributed by atoms with Crippen LogP contribution in [0, 0.1) is 11.3 Å². The molecule has 1 aliphatic carbocycles. The minimum absolute atomic E-state index is 0.480. The fourth-order valence-electron chi connectivity index (χ4n) is 3.84. The number of nitrogens with zero attached hydrogens (tertiary/aromatic N) is 1. The molecule has 0 aromatic carbocycles. The predicted octanol–water partition coefficient (Wildman–Crippen LogP) is 4.01. The Bertz CT molecular complexity index is 308. The zero-order valence-corrected chi connectivity index (χ0v) is 15.5. The van der Waals surface area contributed by atoms with Crippen molar-refractivity contribution in [1.82, 2.24) is 10.2 Å². The molecule has 0 atom stereocenters. The maximum atomic E-state index is 3.76. The molecule has 2 aliphatic rings. The summed E-state index contributed by atoms with van der Waals surface area (Å²) >= 11 is 2.17. The van der Waals surface area contributed by atoms with Crippen LogP contribution in [0.25, 0.3) is 0 Å². The number of hydrogen-bond donors (Lipinski definition) is 1. The smallest absolute Gasteiger partial charge is 0.0116 e. The fraction of sp³-hybridized carbons (Fsp3) is 1.00. The zero-order chi connectivity index (χ0) is 15.3. The molecule has 2 rings (SSSR count). The molecule has 0 bridgehead atoms. The summed E-state index contributed by atoms with van der Waals surface area (Å²) in [5, 5.41) is 3.76. The van der Waals surface area contributed by atoms with Gasteiger partial charge in [-0.25, -0.2) is 0 Å². The van der Waals surface area contributed by atoms with E-state index in [1.54, 1.807) is 0 Å². The second kappa shape index (κ2) is 7.70. The summed E-state index contributed by atoms with van der Waals surface area (Å²) in [6, 6.07) is 0. The third-order valence-electron chi connectivity index (χ3n) is 5.21. The van der Waals surface area contributed by atoms with E-state index in [1.165, 1.54) is 70.6 Å². The second-order valence-electron chi connectivity index (χ2n) is 8.37. The van der Waals surface area contributed by atoms with Crippen molar-refractivity contribution in [3.05, 3.63) is 0 Å². The van der Waals surface area contributed by atoms with Gasteiger partial charge in [-0.1, -0.05) is 40.5 Å².